The summed E-state index contributed by atoms with van der Waals surface area (Å²) in [5.41, 5.74) is 1.69. The number of carbonyl (C=O) groups is 4. The van der Waals surface area contributed by atoms with Crippen LogP contribution in [-0.2, 0) is 20.7 Å². The number of ether oxygens (including phenoxy) is 1. The van der Waals surface area contributed by atoms with E-state index in [2.05, 4.69) is 5.32 Å². The van der Waals surface area contributed by atoms with Crippen LogP contribution in [-0.4, -0.2) is 41.2 Å². The van der Waals surface area contributed by atoms with E-state index in [0.717, 1.165) is 10.5 Å². The molecule has 0 aliphatic carbocycles. The van der Waals surface area contributed by atoms with Gasteiger partial charge in [0.15, 0.2) is 6.61 Å². The molecule has 1 aliphatic rings. The first kappa shape index (κ1) is 22.2. The monoisotopic (exact) mass is 462 g/mol. The number of imide groups is 1. The number of rotatable bonds is 7. The molecule has 7 nitrogen and oxygen atoms in total. The highest BCUT2D eigenvalue weighted by Crippen LogP contribution is 2.26. The minimum Gasteiger partial charge on any atom is -0.454 e. The zero-order chi connectivity index (χ0) is 23.4. The highest BCUT2D eigenvalue weighted by atomic mass is 35.5. The van der Waals surface area contributed by atoms with Gasteiger partial charge in [0.1, 0.15) is 6.04 Å². The first-order valence-corrected chi connectivity index (χ1v) is 10.5. The molecule has 1 aliphatic heterocycles. The first-order chi connectivity index (χ1) is 15.9. The Labute approximate surface area is 194 Å². The molecule has 0 bridgehead atoms. The predicted molar refractivity (Wildman–Crippen MR) is 122 cm³/mol. The van der Waals surface area contributed by atoms with Gasteiger partial charge in [0.25, 0.3) is 17.7 Å². The van der Waals surface area contributed by atoms with Gasteiger partial charge in [-0.05, 0) is 42.0 Å². The molecule has 3 aromatic rings. The number of benzene rings is 3. The fourth-order valence-electron chi connectivity index (χ4n) is 3.57. The van der Waals surface area contributed by atoms with Gasteiger partial charge >= 0.3 is 5.97 Å². The summed E-state index contributed by atoms with van der Waals surface area (Å²) in [6.45, 7) is -0.573. The Morgan fingerprint density at radius 1 is 0.848 bits per heavy atom. The lowest BCUT2D eigenvalue weighted by molar-refractivity contribution is -0.151. The smallest absolute Gasteiger partial charge is 0.330 e. The predicted octanol–water partition coefficient (Wildman–Crippen LogP) is 3.73. The maximum Gasteiger partial charge on any atom is 0.330 e. The van der Waals surface area contributed by atoms with Crippen molar-refractivity contribution in [2.24, 2.45) is 0 Å². The maximum atomic E-state index is 13.0. The average Bonchev–Trinajstić information content (AvgIpc) is 3.08. The van der Waals surface area contributed by atoms with Crippen LogP contribution in [0.15, 0.2) is 78.9 Å². The molecule has 1 N–H and O–H groups in total. The van der Waals surface area contributed by atoms with Gasteiger partial charge in [-0.3, -0.25) is 19.3 Å². The number of esters is 1. The van der Waals surface area contributed by atoms with Crippen LogP contribution in [0.4, 0.5) is 5.69 Å². The zero-order valence-electron chi connectivity index (χ0n) is 17.4. The Morgan fingerprint density at radius 2 is 1.42 bits per heavy atom. The number of hydrogen-bond acceptors (Lipinski definition) is 5. The van der Waals surface area contributed by atoms with Crippen LogP contribution >= 0.6 is 11.6 Å². The van der Waals surface area contributed by atoms with E-state index in [-0.39, 0.29) is 17.5 Å². The second-order valence-electron chi connectivity index (χ2n) is 7.39. The Hall–Kier alpha value is -3.97. The highest BCUT2D eigenvalue weighted by Gasteiger charge is 2.43. The molecule has 0 saturated heterocycles. The molecule has 0 saturated carbocycles. The van der Waals surface area contributed by atoms with Crippen LogP contribution in [0.1, 0.15) is 26.3 Å². The Kier molecular flexibility index (Phi) is 6.51. The SMILES string of the molecule is O=C(COC(=O)[C@@H](Cc1ccccc1)N1C(=O)c2ccccc2C1=O)Nc1ccc(Cl)cc1. The van der Waals surface area contributed by atoms with Crippen LogP contribution in [0.5, 0.6) is 0 Å². The van der Waals surface area contributed by atoms with Crippen molar-refractivity contribution in [1.29, 1.82) is 0 Å². The third kappa shape index (κ3) is 4.94. The molecule has 1 atom stereocenters. The number of carbonyl (C=O) groups excluding carboxylic acids is 4. The second kappa shape index (κ2) is 9.67. The summed E-state index contributed by atoms with van der Waals surface area (Å²) >= 11 is 5.83. The van der Waals surface area contributed by atoms with Crippen molar-refractivity contribution < 1.29 is 23.9 Å². The summed E-state index contributed by atoms with van der Waals surface area (Å²) in [5, 5.41) is 3.11. The van der Waals surface area contributed by atoms with Gasteiger partial charge in [0.2, 0.25) is 0 Å². The normalized spacial score (nSPS) is 13.4. The molecule has 8 heteroatoms. The number of nitrogens with zero attached hydrogens (tertiary/aromatic N) is 1. The lowest BCUT2D eigenvalue weighted by Crippen LogP contribution is -2.47. The van der Waals surface area contributed by atoms with Gasteiger partial charge in [-0.15, -0.1) is 0 Å². The van der Waals surface area contributed by atoms with E-state index in [1.165, 1.54) is 0 Å². The molecular weight excluding hydrogens is 444 g/mol. The minimum absolute atomic E-state index is 0.0595. The Bertz CT molecular complexity index is 1180. The van der Waals surface area contributed by atoms with Gasteiger partial charge in [0.05, 0.1) is 11.1 Å². The average molecular weight is 463 g/mol. The number of fused-ring (bicyclic) bond motifs is 1. The Morgan fingerprint density at radius 3 is 2.03 bits per heavy atom. The minimum atomic E-state index is -1.22. The molecule has 3 amide bonds. The number of halogens is 1. The van der Waals surface area contributed by atoms with Crippen LogP contribution in [0, 0.1) is 0 Å². The molecule has 0 aromatic heterocycles. The van der Waals surface area contributed by atoms with Crippen molar-refractivity contribution in [3.63, 3.8) is 0 Å². The van der Waals surface area contributed by atoms with Crippen molar-refractivity contribution in [2.45, 2.75) is 12.5 Å². The molecular formula is C25H19ClN2O5. The van der Waals surface area contributed by atoms with Crippen LogP contribution in [0.3, 0.4) is 0 Å². The molecule has 4 rings (SSSR count). The van der Waals surface area contributed by atoms with Crippen molar-refractivity contribution >= 4 is 41.0 Å². The van der Waals surface area contributed by atoms with Crippen LogP contribution < -0.4 is 5.32 Å². The van der Waals surface area contributed by atoms with Gasteiger partial charge in [-0.2, -0.15) is 0 Å². The summed E-state index contributed by atoms with van der Waals surface area (Å²) < 4.78 is 5.22. The van der Waals surface area contributed by atoms with Crippen molar-refractivity contribution in [2.75, 3.05) is 11.9 Å². The summed E-state index contributed by atoms with van der Waals surface area (Å²) in [5.74, 6) is -2.55. The molecule has 0 radical (unpaired) electrons. The fourth-order valence-corrected chi connectivity index (χ4v) is 3.70. The van der Waals surface area contributed by atoms with Gasteiger partial charge in [-0.1, -0.05) is 54.1 Å². The molecule has 3 aromatic carbocycles. The summed E-state index contributed by atoms with van der Waals surface area (Å²) in [6, 6.07) is 20.6. The third-order valence-electron chi connectivity index (χ3n) is 5.15. The largest absolute Gasteiger partial charge is 0.454 e. The van der Waals surface area contributed by atoms with Crippen molar-refractivity contribution in [3.8, 4) is 0 Å². The summed E-state index contributed by atoms with van der Waals surface area (Å²) in [7, 11) is 0. The van der Waals surface area contributed by atoms with E-state index in [4.69, 9.17) is 16.3 Å². The molecule has 33 heavy (non-hydrogen) atoms. The molecule has 0 fully saturated rings. The van der Waals surface area contributed by atoms with Crippen molar-refractivity contribution in [1.82, 2.24) is 4.90 Å². The van der Waals surface area contributed by atoms with E-state index in [9.17, 15) is 19.2 Å². The van der Waals surface area contributed by atoms with Crippen LogP contribution in [0.25, 0.3) is 0 Å². The van der Waals surface area contributed by atoms with Gasteiger partial charge in [0, 0.05) is 17.1 Å². The number of anilines is 1. The van der Waals surface area contributed by atoms with E-state index >= 15 is 0 Å². The standard InChI is InChI=1S/C25H19ClN2O5/c26-17-10-12-18(13-11-17)27-22(29)15-33-25(32)21(14-16-6-2-1-3-7-16)28-23(30)19-8-4-5-9-20(19)24(28)31/h1-13,21H,14-15H2,(H,27,29)/t21-/m1/s1. The molecule has 0 spiro atoms. The van der Waals surface area contributed by atoms with Crippen LogP contribution in [0.2, 0.25) is 5.02 Å². The number of nitrogens with one attached hydrogen (secondary N) is 1. The zero-order valence-corrected chi connectivity index (χ0v) is 18.1. The molecule has 166 valence electrons. The van der Waals surface area contributed by atoms with E-state index in [1.807, 2.05) is 6.07 Å². The summed E-state index contributed by atoms with van der Waals surface area (Å²) in [4.78, 5) is 52.1. The second-order valence-corrected chi connectivity index (χ2v) is 7.83. The fraction of sp³-hybridized carbons (Fsp3) is 0.120. The van der Waals surface area contributed by atoms with Crippen molar-refractivity contribution in [3.05, 3.63) is 101 Å². The summed E-state index contributed by atoms with van der Waals surface area (Å²) in [6.07, 6.45) is 0.0595. The maximum absolute atomic E-state index is 13.0. The lowest BCUT2D eigenvalue weighted by Gasteiger charge is -2.24. The van der Waals surface area contributed by atoms with E-state index in [0.29, 0.717) is 10.7 Å². The quantitative estimate of drug-likeness (QED) is 0.426. The third-order valence-corrected chi connectivity index (χ3v) is 5.41. The number of amides is 3. The Balaban J connectivity index is 1.50. The molecule has 0 unspecified atom stereocenters. The molecule has 1 heterocycles. The highest BCUT2D eigenvalue weighted by molar-refractivity contribution is 6.30. The topological polar surface area (TPSA) is 92.8 Å². The van der Waals surface area contributed by atoms with E-state index < -0.39 is 36.3 Å². The first-order valence-electron chi connectivity index (χ1n) is 10.2. The van der Waals surface area contributed by atoms with E-state index in [1.54, 1.807) is 72.8 Å². The number of hydrogen-bond donors (Lipinski definition) is 1. The lowest BCUT2D eigenvalue weighted by atomic mass is 10.0. The van der Waals surface area contributed by atoms with Gasteiger partial charge < -0.3 is 10.1 Å². The van der Waals surface area contributed by atoms with Gasteiger partial charge in [-0.25, -0.2) is 4.79 Å².